The summed E-state index contributed by atoms with van der Waals surface area (Å²) in [6.07, 6.45) is 4.80. The average Bonchev–Trinajstić information content (AvgIpc) is 3.09. The van der Waals surface area contributed by atoms with Crippen LogP contribution in [0.15, 0.2) is 12.1 Å². The molecule has 0 saturated carbocycles. The van der Waals surface area contributed by atoms with Crippen molar-refractivity contribution >= 4 is 11.9 Å². The number of amides is 1. The molecule has 1 atom stereocenters. The number of hydrogen-bond acceptors (Lipinski definition) is 3. The summed E-state index contributed by atoms with van der Waals surface area (Å²) in [5, 5.41) is 0. The van der Waals surface area contributed by atoms with Gasteiger partial charge < -0.3 is 9.64 Å². The highest BCUT2D eigenvalue weighted by molar-refractivity contribution is 5.97. The Hall–Kier alpha value is -2.05. The second-order valence-electron chi connectivity index (χ2n) is 6.11. The van der Waals surface area contributed by atoms with Crippen LogP contribution >= 0.6 is 0 Å². The molecule has 0 bridgehead atoms. The van der Waals surface area contributed by atoms with Crippen LogP contribution in [0.25, 0.3) is 0 Å². The number of ether oxygens (including phenoxy) is 1. The molecule has 1 saturated heterocycles. The third kappa shape index (κ3) is 4.52. The molecule has 1 aliphatic rings. The van der Waals surface area contributed by atoms with Crippen molar-refractivity contribution in [2.24, 2.45) is 0 Å². The zero-order chi connectivity index (χ0) is 18.4. The predicted molar refractivity (Wildman–Crippen MR) is 85.5 cm³/mol. The number of carbonyl (C=O) groups excluding carboxylic acids is 2. The van der Waals surface area contributed by atoms with E-state index in [1.807, 2.05) is 0 Å². The molecule has 0 aromatic heterocycles. The molecule has 0 N–H and O–H groups in total. The number of hydrogen-bond donors (Lipinski definition) is 0. The molecule has 138 valence electrons. The Morgan fingerprint density at radius 2 is 1.92 bits per heavy atom. The fourth-order valence-electron chi connectivity index (χ4n) is 2.90. The van der Waals surface area contributed by atoms with Crippen LogP contribution in [0.5, 0.6) is 0 Å². The van der Waals surface area contributed by atoms with E-state index in [2.05, 4.69) is 6.92 Å². The van der Waals surface area contributed by atoms with Gasteiger partial charge in [0, 0.05) is 6.54 Å². The van der Waals surface area contributed by atoms with E-state index in [1.54, 1.807) is 0 Å². The van der Waals surface area contributed by atoms with Gasteiger partial charge in [-0.2, -0.15) is 0 Å². The zero-order valence-corrected chi connectivity index (χ0v) is 14.2. The molecule has 0 radical (unpaired) electrons. The molecule has 1 heterocycles. The summed E-state index contributed by atoms with van der Waals surface area (Å²) in [4.78, 5) is 25.8. The van der Waals surface area contributed by atoms with Crippen LogP contribution in [-0.2, 0) is 9.53 Å². The van der Waals surface area contributed by atoms with Gasteiger partial charge in [0.25, 0.3) is 5.91 Å². The van der Waals surface area contributed by atoms with E-state index in [-0.39, 0.29) is 13.2 Å². The first-order valence-electron chi connectivity index (χ1n) is 8.58. The molecule has 25 heavy (non-hydrogen) atoms. The number of rotatable bonds is 7. The van der Waals surface area contributed by atoms with Crippen LogP contribution in [0.4, 0.5) is 13.2 Å². The third-order valence-corrected chi connectivity index (χ3v) is 4.29. The van der Waals surface area contributed by atoms with E-state index >= 15 is 0 Å². The molecule has 2 rings (SSSR count). The van der Waals surface area contributed by atoms with Gasteiger partial charge in [0.2, 0.25) is 0 Å². The van der Waals surface area contributed by atoms with E-state index in [0.29, 0.717) is 18.9 Å². The van der Waals surface area contributed by atoms with Crippen LogP contribution in [0.2, 0.25) is 0 Å². The van der Waals surface area contributed by atoms with Gasteiger partial charge in [-0.1, -0.05) is 26.2 Å². The molecule has 1 aliphatic heterocycles. The first-order valence-corrected chi connectivity index (χ1v) is 8.58. The minimum absolute atomic E-state index is 0.243. The minimum atomic E-state index is -1.69. The van der Waals surface area contributed by atoms with Crippen molar-refractivity contribution in [3.05, 3.63) is 35.1 Å². The van der Waals surface area contributed by atoms with Crippen molar-refractivity contribution in [3.8, 4) is 0 Å². The molecule has 1 aromatic rings. The van der Waals surface area contributed by atoms with Crippen LogP contribution < -0.4 is 0 Å². The maximum Gasteiger partial charge on any atom is 0.328 e. The third-order valence-electron chi connectivity index (χ3n) is 4.29. The Morgan fingerprint density at radius 1 is 1.16 bits per heavy atom. The lowest BCUT2D eigenvalue weighted by molar-refractivity contribution is -0.148. The Morgan fingerprint density at radius 3 is 2.64 bits per heavy atom. The van der Waals surface area contributed by atoms with E-state index in [4.69, 9.17) is 4.74 Å². The predicted octanol–water partition coefficient (Wildman–Crippen LogP) is 3.83. The van der Waals surface area contributed by atoms with Crippen molar-refractivity contribution in [2.45, 2.75) is 51.5 Å². The van der Waals surface area contributed by atoms with Crippen molar-refractivity contribution < 1.29 is 27.5 Å². The number of benzene rings is 1. The quantitative estimate of drug-likeness (QED) is 0.423. The van der Waals surface area contributed by atoms with Crippen LogP contribution in [0, 0.1) is 17.5 Å². The Kier molecular flexibility index (Phi) is 6.84. The van der Waals surface area contributed by atoms with Crippen molar-refractivity contribution in [1.29, 1.82) is 0 Å². The second kappa shape index (κ2) is 8.87. The first kappa shape index (κ1) is 19.3. The molecule has 0 aliphatic carbocycles. The highest BCUT2D eigenvalue weighted by Gasteiger charge is 2.37. The maximum absolute atomic E-state index is 13.8. The van der Waals surface area contributed by atoms with Crippen LogP contribution in [0.1, 0.15) is 55.8 Å². The Bertz CT molecular complexity index is 636. The zero-order valence-electron chi connectivity index (χ0n) is 14.2. The van der Waals surface area contributed by atoms with Crippen LogP contribution in [-0.4, -0.2) is 36.0 Å². The fourth-order valence-corrected chi connectivity index (χ4v) is 2.90. The van der Waals surface area contributed by atoms with Gasteiger partial charge in [0.05, 0.1) is 12.2 Å². The monoisotopic (exact) mass is 357 g/mol. The van der Waals surface area contributed by atoms with Gasteiger partial charge >= 0.3 is 5.97 Å². The molecule has 1 fully saturated rings. The summed E-state index contributed by atoms with van der Waals surface area (Å²) >= 11 is 0. The lowest BCUT2D eigenvalue weighted by atomic mass is 10.1. The molecule has 4 nitrogen and oxygen atoms in total. The molecular formula is C18H22F3NO3. The summed E-state index contributed by atoms with van der Waals surface area (Å²) in [5.41, 5.74) is -0.582. The van der Waals surface area contributed by atoms with Crippen molar-refractivity contribution in [3.63, 3.8) is 0 Å². The number of likely N-dealkylation sites (tertiary alicyclic amines) is 1. The van der Waals surface area contributed by atoms with Crippen molar-refractivity contribution in [1.82, 2.24) is 4.90 Å². The van der Waals surface area contributed by atoms with E-state index in [9.17, 15) is 22.8 Å². The Labute approximate surface area is 144 Å². The second-order valence-corrected chi connectivity index (χ2v) is 6.11. The van der Waals surface area contributed by atoms with Crippen LogP contribution in [0.3, 0.4) is 0 Å². The lowest BCUT2D eigenvalue weighted by Crippen LogP contribution is -2.42. The summed E-state index contributed by atoms with van der Waals surface area (Å²) in [6.45, 7) is 2.59. The molecule has 1 unspecified atom stereocenters. The molecule has 1 amide bonds. The van der Waals surface area contributed by atoms with Gasteiger partial charge in [0.1, 0.15) is 6.04 Å². The van der Waals surface area contributed by atoms with E-state index in [0.717, 1.165) is 31.7 Å². The fraction of sp³-hybridized carbons (Fsp3) is 0.556. The lowest BCUT2D eigenvalue weighted by Gasteiger charge is -2.23. The number of esters is 1. The summed E-state index contributed by atoms with van der Waals surface area (Å²) in [5.74, 6) is -5.96. The van der Waals surface area contributed by atoms with Gasteiger partial charge in [-0.15, -0.1) is 0 Å². The van der Waals surface area contributed by atoms with Crippen molar-refractivity contribution in [2.75, 3.05) is 13.2 Å². The number of unbranched alkanes of at least 4 members (excludes halogenated alkanes) is 3. The van der Waals surface area contributed by atoms with Gasteiger partial charge in [-0.25, -0.2) is 18.0 Å². The molecule has 0 spiro atoms. The van der Waals surface area contributed by atoms with Gasteiger partial charge in [-0.3, -0.25) is 4.79 Å². The smallest absolute Gasteiger partial charge is 0.328 e. The SMILES string of the molecule is CCCCCCOC(=O)C1CCCN1C(=O)c1ccc(F)c(F)c1F. The summed E-state index contributed by atoms with van der Waals surface area (Å²) in [7, 11) is 0. The number of halogens is 3. The highest BCUT2D eigenvalue weighted by Crippen LogP contribution is 2.24. The van der Waals surface area contributed by atoms with Gasteiger partial charge in [0.15, 0.2) is 17.5 Å². The maximum atomic E-state index is 13.8. The number of carbonyl (C=O) groups is 2. The average molecular weight is 357 g/mol. The molecule has 7 heteroatoms. The normalized spacial score (nSPS) is 17.0. The Balaban J connectivity index is 2.02. The number of nitrogens with zero attached hydrogens (tertiary/aromatic N) is 1. The molecular weight excluding hydrogens is 335 g/mol. The summed E-state index contributed by atoms with van der Waals surface area (Å²) < 4.78 is 45.4. The topological polar surface area (TPSA) is 46.6 Å². The largest absolute Gasteiger partial charge is 0.464 e. The van der Waals surface area contributed by atoms with E-state index in [1.165, 1.54) is 4.90 Å². The van der Waals surface area contributed by atoms with Gasteiger partial charge in [-0.05, 0) is 31.4 Å². The molecule has 1 aromatic carbocycles. The first-order chi connectivity index (χ1) is 12.0. The standard InChI is InChI=1S/C18H22F3NO3/c1-2-3-4-5-11-25-18(24)14-7-6-10-22(14)17(23)12-8-9-13(19)16(21)15(12)20/h8-9,14H,2-7,10-11H2,1H3. The minimum Gasteiger partial charge on any atom is -0.464 e. The summed E-state index contributed by atoms with van der Waals surface area (Å²) in [6, 6.07) is 0.774. The highest BCUT2D eigenvalue weighted by atomic mass is 19.2. The van der Waals surface area contributed by atoms with E-state index < -0.39 is 40.9 Å².